The minimum absolute atomic E-state index is 0.0907. The van der Waals surface area contributed by atoms with Crippen LogP contribution in [0.25, 0.3) is 10.2 Å². The highest BCUT2D eigenvalue weighted by molar-refractivity contribution is 7.89. The number of benzene rings is 1. The second-order valence-corrected chi connectivity index (χ2v) is 10.7. The normalized spacial score (nSPS) is 14.8. The molecule has 34 heavy (non-hydrogen) atoms. The lowest BCUT2D eigenvalue weighted by atomic mass is 10.2. The molecule has 0 fully saturated rings. The van der Waals surface area contributed by atoms with E-state index in [0.29, 0.717) is 28.0 Å². The van der Waals surface area contributed by atoms with Gasteiger partial charge < -0.3 is 10.1 Å². The predicted octanol–water partition coefficient (Wildman–Crippen LogP) is 2.32. The van der Waals surface area contributed by atoms with Crippen LogP contribution >= 0.6 is 11.3 Å². The summed E-state index contributed by atoms with van der Waals surface area (Å²) >= 11 is 1.09. The smallest absolute Gasteiger partial charge is 0.349 e. The molecule has 0 aliphatic carbocycles. The van der Waals surface area contributed by atoms with Gasteiger partial charge in [0.2, 0.25) is 10.0 Å². The number of anilines is 1. The molecule has 4 rings (SSSR count). The Hall–Kier alpha value is -3.09. The maximum atomic E-state index is 13.1. The zero-order valence-electron chi connectivity index (χ0n) is 18.7. The zero-order chi connectivity index (χ0) is 24.6. The average molecular weight is 505 g/mol. The van der Waals surface area contributed by atoms with Gasteiger partial charge in [-0.05, 0) is 56.5 Å². The predicted molar refractivity (Wildman–Crippen MR) is 127 cm³/mol. The Balaban J connectivity index is 1.51. The molecule has 0 bridgehead atoms. The molecule has 0 saturated carbocycles. The molecule has 1 amide bonds. The molecule has 1 atom stereocenters. The first-order valence-corrected chi connectivity index (χ1v) is 13.1. The SMILES string of the molecule is Cc1c(C(=O)OC(C)C(=O)Nc2ccc(S(N)(=O)=O)cc2)sc2nc3n(c(=O)c12)CCCCC3. The highest BCUT2D eigenvalue weighted by atomic mass is 32.2. The Morgan fingerprint density at radius 3 is 2.59 bits per heavy atom. The summed E-state index contributed by atoms with van der Waals surface area (Å²) < 4.78 is 29.7. The molecule has 2 aromatic heterocycles. The fourth-order valence-corrected chi connectivity index (χ4v) is 5.43. The van der Waals surface area contributed by atoms with E-state index in [1.807, 2.05) is 0 Å². The lowest BCUT2D eigenvalue weighted by Crippen LogP contribution is -2.30. The zero-order valence-corrected chi connectivity index (χ0v) is 20.3. The van der Waals surface area contributed by atoms with Crippen LogP contribution in [0.15, 0.2) is 34.0 Å². The van der Waals surface area contributed by atoms with Crippen molar-refractivity contribution < 1.29 is 22.7 Å². The highest BCUT2D eigenvalue weighted by Crippen LogP contribution is 2.29. The third-order valence-electron chi connectivity index (χ3n) is 5.70. The van der Waals surface area contributed by atoms with Crippen LogP contribution < -0.4 is 16.0 Å². The van der Waals surface area contributed by atoms with Crippen LogP contribution in [0.2, 0.25) is 0 Å². The van der Waals surface area contributed by atoms with E-state index in [-0.39, 0.29) is 15.3 Å². The van der Waals surface area contributed by atoms with E-state index >= 15 is 0 Å². The summed E-state index contributed by atoms with van der Waals surface area (Å²) in [5.41, 5.74) is 0.661. The van der Waals surface area contributed by atoms with E-state index in [1.54, 1.807) is 11.5 Å². The van der Waals surface area contributed by atoms with Crippen LogP contribution in [-0.2, 0) is 32.5 Å². The number of fused-ring (bicyclic) bond motifs is 2. The lowest BCUT2D eigenvalue weighted by molar-refractivity contribution is -0.123. The topological polar surface area (TPSA) is 150 Å². The van der Waals surface area contributed by atoms with Crippen molar-refractivity contribution in [1.82, 2.24) is 9.55 Å². The molecule has 3 N–H and O–H groups in total. The number of esters is 1. The van der Waals surface area contributed by atoms with Gasteiger partial charge in [-0.2, -0.15) is 0 Å². The first-order valence-electron chi connectivity index (χ1n) is 10.7. The average Bonchev–Trinajstić information content (AvgIpc) is 2.94. The number of ether oxygens (including phenoxy) is 1. The number of sulfonamides is 1. The molecule has 1 aliphatic rings. The maximum Gasteiger partial charge on any atom is 0.349 e. The van der Waals surface area contributed by atoms with E-state index < -0.39 is 28.0 Å². The fraction of sp³-hybridized carbons (Fsp3) is 0.364. The molecular formula is C22H24N4O6S2. The maximum absolute atomic E-state index is 13.1. The van der Waals surface area contributed by atoms with Gasteiger partial charge >= 0.3 is 5.97 Å². The third-order valence-corrected chi connectivity index (χ3v) is 7.80. The number of primary sulfonamides is 1. The monoisotopic (exact) mass is 504 g/mol. The molecule has 0 saturated heterocycles. The number of nitrogens with two attached hydrogens (primary N) is 1. The molecule has 180 valence electrons. The van der Waals surface area contributed by atoms with Crippen LogP contribution in [0.1, 0.15) is 47.2 Å². The summed E-state index contributed by atoms with van der Waals surface area (Å²) in [7, 11) is -3.85. The summed E-state index contributed by atoms with van der Waals surface area (Å²) in [4.78, 5) is 43.7. The van der Waals surface area contributed by atoms with E-state index in [4.69, 9.17) is 9.88 Å². The number of amides is 1. The van der Waals surface area contributed by atoms with Gasteiger partial charge in [-0.3, -0.25) is 14.2 Å². The van der Waals surface area contributed by atoms with Gasteiger partial charge in [0.05, 0.1) is 10.3 Å². The Kier molecular flexibility index (Phi) is 6.56. The number of thiophene rings is 1. The summed E-state index contributed by atoms with van der Waals surface area (Å²) in [6.07, 6.45) is 2.51. The van der Waals surface area contributed by atoms with Crippen LogP contribution in [0.3, 0.4) is 0 Å². The summed E-state index contributed by atoms with van der Waals surface area (Å²) in [6, 6.07) is 5.28. The molecule has 0 radical (unpaired) electrons. The van der Waals surface area contributed by atoms with Gasteiger partial charge in [0, 0.05) is 18.7 Å². The number of hydrogen-bond acceptors (Lipinski definition) is 8. The Bertz CT molecular complexity index is 1440. The van der Waals surface area contributed by atoms with Crippen LogP contribution in [0.5, 0.6) is 0 Å². The van der Waals surface area contributed by atoms with Crippen LogP contribution in [-0.4, -0.2) is 35.9 Å². The van der Waals surface area contributed by atoms with Crippen molar-refractivity contribution in [2.24, 2.45) is 5.14 Å². The third kappa shape index (κ3) is 4.74. The summed E-state index contributed by atoms with van der Waals surface area (Å²) in [5, 5.41) is 8.03. The summed E-state index contributed by atoms with van der Waals surface area (Å²) in [5.74, 6) is -0.579. The second-order valence-electron chi connectivity index (χ2n) is 8.14. The van der Waals surface area contributed by atoms with Crippen molar-refractivity contribution in [3.05, 3.63) is 50.9 Å². The summed E-state index contributed by atoms with van der Waals surface area (Å²) in [6.45, 7) is 3.71. The second kappa shape index (κ2) is 9.28. The Labute approximate surface area is 199 Å². The van der Waals surface area contributed by atoms with Gasteiger partial charge in [0.1, 0.15) is 15.5 Å². The first-order chi connectivity index (χ1) is 16.1. The minimum Gasteiger partial charge on any atom is -0.448 e. The van der Waals surface area contributed by atoms with E-state index in [1.165, 1.54) is 31.2 Å². The van der Waals surface area contributed by atoms with E-state index in [2.05, 4.69) is 10.3 Å². The number of nitrogens with zero attached hydrogens (tertiary/aromatic N) is 2. The molecule has 3 heterocycles. The quantitative estimate of drug-likeness (QED) is 0.506. The molecule has 1 aromatic carbocycles. The molecule has 10 nitrogen and oxygen atoms in total. The van der Waals surface area contributed by atoms with Crippen molar-refractivity contribution >= 4 is 49.1 Å². The van der Waals surface area contributed by atoms with Crippen molar-refractivity contribution in [2.45, 2.75) is 57.1 Å². The van der Waals surface area contributed by atoms with Gasteiger partial charge in [-0.15, -0.1) is 11.3 Å². The highest BCUT2D eigenvalue weighted by Gasteiger charge is 2.26. The number of rotatable bonds is 5. The van der Waals surface area contributed by atoms with Gasteiger partial charge in [0.25, 0.3) is 11.5 Å². The molecule has 3 aromatic rings. The Morgan fingerprint density at radius 1 is 1.21 bits per heavy atom. The molecular weight excluding hydrogens is 480 g/mol. The first kappa shape index (κ1) is 24.0. The number of carbonyl (C=O) groups excluding carboxylic acids is 2. The largest absolute Gasteiger partial charge is 0.448 e. The molecule has 12 heteroatoms. The van der Waals surface area contributed by atoms with Crippen molar-refractivity contribution in [3.8, 4) is 0 Å². The minimum atomic E-state index is -3.85. The molecule has 1 unspecified atom stereocenters. The number of carbonyl (C=O) groups is 2. The van der Waals surface area contributed by atoms with E-state index in [9.17, 15) is 22.8 Å². The fourth-order valence-electron chi connectivity index (χ4n) is 3.84. The van der Waals surface area contributed by atoms with E-state index in [0.717, 1.165) is 42.8 Å². The molecule has 1 aliphatic heterocycles. The van der Waals surface area contributed by atoms with Crippen molar-refractivity contribution in [2.75, 3.05) is 5.32 Å². The lowest BCUT2D eigenvalue weighted by Gasteiger charge is -2.13. The van der Waals surface area contributed by atoms with Crippen molar-refractivity contribution in [1.29, 1.82) is 0 Å². The van der Waals surface area contributed by atoms with Crippen LogP contribution in [0.4, 0.5) is 5.69 Å². The van der Waals surface area contributed by atoms with Gasteiger partial charge in [-0.25, -0.2) is 23.3 Å². The molecule has 0 spiro atoms. The number of nitrogens with one attached hydrogen (secondary N) is 1. The van der Waals surface area contributed by atoms with Crippen molar-refractivity contribution in [3.63, 3.8) is 0 Å². The number of hydrogen-bond donors (Lipinski definition) is 2. The standard InChI is InChI=1S/C22H24N4O6S2/c1-12-17-20(25-16-6-4-3-5-11-26(16)21(17)28)33-18(12)22(29)32-13(2)19(27)24-14-7-9-15(10-8-14)34(23,30)31/h7-10,13H,3-6,11H2,1-2H3,(H,24,27)(H2,23,30,31). The van der Waals surface area contributed by atoms with Crippen LogP contribution in [0, 0.1) is 6.92 Å². The Morgan fingerprint density at radius 2 is 1.91 bits per heavy atom. The number of aromatic nitrogens is 2. The van der Waals surface area contributed by atoms with Gasteiger partial charge in [-0.1, -0.05) is 6.42 Å². The van der Waals surface area contributed by atoms with Gasteiger partial charge in [0.15, 0.2) is 6.10 Å². The number of aryl methyl sites for hydroxylation is 2.